The van der Waals surface area contributed by atoms with Gasteiger partial charge in [-0.15, -0.1) is 0 Å². The van der Waals surface area contributed by atoms with Crippen LogP contribution in [0.5, 0.6) is 23.0 Å². The maximum Gasteiger partial charge on any atom is 0.131 e. The van der Waals surface area contributed by atoms with Crippen LogP contribution in [0.4, 0.5) is 0 Å². The molecule has 2 aromatic carbocycles. The molecule has 0 aliphatic carbocycles. The Kier molecular flexibility index (Phi) is 11.7. The molecule has 0 fully saturated rings. The van der Waals surface area contributed by atoms with Gasteiger partial charge in [0.15, 0.2) is 0 Å². The minimum Gasteiger partial charge on any atom is -0.493 e. The molecule has 0 aliphatic rings. The third-order valence-corrected chi connectivity index (χ3v) is 4.30. The molecule has 0 N–H and O–H groups in total. The molecule has 2 aromatic rings. The third kappa shape index (κ3) is 8.61. The lowest BCUT2D eigenvalue weighted by Crippen LogP contribution is -2.01. The lowest BCUT2D eigenvalue weighted by molar-refractivity contribution is 0.301. The van der Waals surface area contributed by atoms with Gasteiger partial charge in [0.05, 0.1) is 38.9 Å². The lowest BCUT2D eigenvalue weighted by atomic mass is 10.2. The average molecular weight is 441 g/mol. The summed E-state index contributed by atoms with van der Waals surface area (Å²) in [6.07, 6.45) is 7.14. The summed E-state index contributed by atoms with van der Waals surface area (Å²) in [6, 6.07) is 11.5. The molecule has 0 bridgehead atoms. The Morgan fingerprint density at radius 1 is 0.562 bits per heavy atom. The predicted octanol–water partition coefficient (Wildman–Crippen LogP) is 6.29. The molecule has 6 nitrogen and oxygen atoms in total. The first kappa shape index (κ1) is 25.2. The molecular formula is C26H36N2O4. The van der Waals surface area contributed by atoms with E-state index in [4.69, 9.17) is 18.9 Å². The Balaban J connectivity index is 2.15. The van der Waals surface area contributed by atoms with Gasteiger partial charge in [-0.3, -0.25) is 0 Å². The van der Waals surface area contributed by atoms with Gasteiger partial charge in [0.1, 0.15) is 23.0 Å². The van der Waals surface area contributed by atoms with Crippen molar-refractivity contribution in [2.24, 2.45) is 10.2 Å². The van der Waals surface area contributed by atoms with Gasteiger partial charge in [-0.25, -0.2) is 0 Å². The molecule has 0 spiro atoms. The highest BCUT2D eigenvalue weighted by Crippen LogP contribution is 2.25. The Bertz CT molecular complexity index is 793. The summed E-state index contributed by atoms with van der Waals surface area (Å²) in [6.45, 7) is 10.9. The molecule has 0 radical (unpaired) electrons. The maximum atomic E-state index is 5.87. The fourth-order valence-electron chi connectivity index (χ4n) is 2.73. The van der Waals surface area contributed by atoms with E-state index in [0.717, 1.165) is 59.8 Å². The Morgan fingerprint density at radius 3 is 1.31 bits per heavy atom. The van der Waals surface area contributed by atoms with Crippen LogP contribution in [-0.4, -0.2) is 38.9 Å². The first-order valence-electron chi connectivity index (χ1n) is 11.6. The average Bonchev–Trinajstić information content (AvgIpc) is 2.82. The van der Waals surface area contributed by atoms with E-state index in [-0.39, 0.29) is 0 Å². The molecule has 0 atom stereocenters. The molecule has 0 heterocycles. The lowest BCUT2D eigenvalue weighted by Gasteiger charge is -2.11. The Hall–Kier alpha value is -3.02. The second-order valence-corrected chi connectivity index (χ2v) is 7.28. The van der Waals surface area contributed by atoms with Crippen molar-refractivity contribution in [2.75, 3.05) is 26.4 Å². The summed E-state index contributed by atoms with van der Waals surface area (Å²) in [5.74, 6) is 3.07. The van der Waals surface area contributed by atoms with Crippen molar-refractivity contribution in [3.05, 3.63) is 47.5 Å². The van der Waals surface area contributed by atoms with Crippen molar-refractivity contribution in [1.82, 2.24) is 0 Å². The van der Waals surface area contributed by atoms with Crippen LogP contribution in [-0.2, 0) is 0 Å². The summed E-state index contributed by atoms with van der Waals surface area (Å²) in [4.78, 5) is 0. The molecule has 0 amide bonds. The molecular weight excluding hydrogens is 404 g/mol. The first-order chi connectivity index (χ1) is 15.7. The highest BCUT2D eigenvalue weighted by molar-refractivity contribution is 5.86. The maximum absolute atomic E-state index is 5.87. The molecule has 6 heteroatoms. The molecule has 2 rings (SSSR count). The van der Waals surface area contributed by atoms with Crippen LogP contribution in [0.1, 0.15) is 64.5 Å². The summed E-state index contributed by atoms with van der Waals surface area (Å²) < 4.78 is 23.2. The molecule has 0 aromatic heterocycles. The van der Waals surface area contributed by atoms with Gasteiger partial charge >= 0.3 is 0 Å². The van der Waals surface area contributed by atoms with Gasteiger partial charge < -0.3 is 18.9 Å². The van der Waals surface area contributed by atoms with Crippen LogP contribution in [0.3, 0.4) is 0 Å². The molecule has 174 valence electrons. The van der Waals surface area contributed by atoms with E-state index in [2.05, 4.69) is 37.9 Å². The second-order valence-electron chi connectivity index (χ2n) is 7.28. The predicted molar refractivity (Wildman–Crippen MR) is 131 cm³/mol. The van der Waals surface area contributed by atoms with E-state index >= 15 is 0 Å². The van der Waals surface area contributed by atoms with Crippen molar-refractivity contribution in [2.45, 2.75) is 53.4 Å². The van der Waals surface area contributed by atoms with Crippen LogP contribution in [0, 0.1) is 0 Å². The normalized spacial score (nSPS) is 11.2. The zero-order chi connectivity index (χ0) is 23.0. The summed E-state index contributed by atoms with van der Waals surface area (Å²) in [5, 5.41) is 8.46. The van der Waals surface area contributed by atoms with E-state index in [0.29, 0.717) is 26.4 Å². The van der Waals surface area contributed by atoms with Gasteiger partial charge in [0, 0.05) is 23.3 Å². The zero-order valence-corrected chi connectivity index (χ0v) is 19.8. The van der Waals surface area contributed by atoms with Crippen molar-refractivity contribution in [3.8, 4) is 23.0 Å². The molecule has 0 aliphatic heterocycles. The van der Waals surface area contributed by atoms with Crippen molar-refractivity contribution >= 4 is 12.4 Å². The summed E-state index contributed by atoms with van der Waals surface area (Å²) in [7, 11) is 0. The van der Waals surface area contributed by atoms with Gasteiger partial charge in [-0.2, -0.15) is 10.2 Å². The SMILES string of the molecule is CCCOc1ccc(/C=N/N=C/c2ccc(OCCC)cc2OCCC)c(OCCC)c1. The minimum atomic E-state index is 0.631. The Labute approximate surface area is 192 Å². The molecule has 0 unspecified atom stereocenters. The van der Waals surface area contributed by atoms with Crippen LogP contribution in [0.15, 0.2) is 46.6 Å². The minimum absolute atomic E-state index is 0.631. The molecule has 0 saturated carbocycles. The van der Waals surface area contributed by atoms with E-state index in [9.17, 15) is 0 Å². The number of ether oxygens (including phenoxy) is 4. The van der Waals surface area contributed by atoms with Crippen LogP contribution >= 0.6 is 0 Å². The van der Waals surface area contributed by atoms with Crippen molar-refractivity contribution < 1.29 is 18.9 Å². The Morgan fingerprint density at radius 2 is 0.938 bits per heavy atom. The second kappa shape index (κ2) is 14.9. The highest BCUT2D eigenvalue weighted by Gasteiger charge is 2.06. The topological polar surface area (TPSA) is 61.6 Å². The smallest absolute Gasteiger partial charge is 0.131 e. The largest absolute Gasteiger partial charge is 0.493 e. The third-order valence-electron chi connectivity index (χ3n) is 4.30. The number of hydrogen-bond donors (Lipinski definition) is 0. The molecule has 0 saturated heterocycles. The monoisotopic (exact) mass is 440 g/mol. The number of rotatable bonds is 15. The van der Waals surface area contributed by atoms with Gasteiger partial charge in [-0.1, -0.05) is 27.7 Å². The summed E-state index contributed by atoms with van der Waals surface area (Å²) >= 11 is 0. The van der Waals surface area contributed by atoms with E-state index in [1.807, 2.05) is 36.4 Å². The fraction of sp³-hybridized carbons (Fsp3) is 0.462. The molecule has 32 heavy (non-hydrogen) atoms. The van der Waals surface area contributed by atoms with E-state index in [1.54, 1.807) is 12.4 Å². The van der Waals surface area contributed by atoms with Crippen LogP contribution < -0.4 is 18.9 Å². The highest BCUT2D eigenvalue weighted by atomic mass is 16.5. The standard InChI is InChI=1S/C26H36N2O4/c1-5-13-29-23-11-9-21(25(17-23)31-15-7-3)19-27-28-20-22-10-12-24(30-14-6-2)18-26(22)32-16-8-4/h9-12,17-20H,5-8,13-16H2,1-4H3/b27-19+,28-20+. The summed E-state index contributed by atoms with van der Waals surface area (Å²) in [5.41, 5.74) is 1.70. The van der Waals surface area contributed by atoms with Gasteiger partial charge in [-0.05, 0) is 49.9 Å². The first-order valence-corrected chi connectivity index (χ1v) is 11.6. The number of nitrogens with zero attached hydrogens (tertiary/aromatic N) is 2. The van der Waals surface area contributed by atoms with Crippen LogP contribution in [0.2, 0.25) is 0 Å². The van der Waals surface area contributed by atoms with Gasteiger partial charge in [0.25, 0.3) is 0 Å². The fourth-order valence-corrected chi connectivity index (χ4v) is 2.73. The van der Waals surface area contributed by atoms with E-state index < -0.39 is 0 Å². The zero-order valence-electron chi connectivity index (χ0n) is 19.8. The van der Waals surface area contributed by atoms with Crippen molar-refractivity contribution in [1.29, 1.82) is 0 Å². The van der Waals surface area contributed by atoms with Crippen molar-refractivity contribution in [3.63, 3.8) is 0 Å². The quantitative estimate of drug-likeness (QED) is 0.241. The number of hydrogen-bond acceptors (Lipinski definition) is 6. The van der Waals surface area contributed by atoms with Crippen LogP contribution in [0.25, 0.3) is 0 Å². The van der Waals surface area contributed by atoms with E-state index in [1.165, 1.54) is 0 Å². The van der Waals surface area contributed by atoms with Gasteiger partial charge in [0.2, 0.25) is 0 Å². The number of benzene rings is 2.